The summed E-state index contributed by atoms with van der Waals surface area (Å²) in [7, 11) is 4.20. The topological polar surface area (TPSA) is 46.0 Å². The first-order valence-electron chi connectivity index (χ1n) is 7.56. The van der Waals surface area contributed by atoms with Gasteiger partial charge in [0.1, 0.15) is 0 Å². The molecule has 0 aliphatic carbocycles. The minimum absolute atomic E-state index is 0.266. The Morgan fingerprint density at radius 3 is 2.67 bits per heavy atom. The summed E-state index contributed by atoms with van der Waals surface area (Å²) in [5, 5.41) is 12.0. The molecule has 5 heteroatoms. The molecule has 114 valence electrons. The molecule has 1 atom stereocenters. The van der Waals surface area contributed by atoms with Crippen molar-refractivity contribution in [1.29, 1.82) is 0 Å². The zero-order valence-electron chi connectivity index (χ0n) is 13.2. The number of hydrogen-bond acceptors (Lipinski definition) is 4. The Labute approximate surface area is 127 Å². The van der Waals surface area contributed by atoms with Crippen molar-refractivity contribution in [1.82, 2.24) is 25.2 Å². The quantitative estimate of drug-likeness (QED) is 0.809. The highest BCUT2D eigenvalue weighted by molar-refractivity contribution is 5.32. The van der Waals surface area contributed by atoms with Crippen LogP contribution in [-0.2, 0) is 0 Å². The van der Waals surface area contributed by atoms with E-state index in [0.717, 1.165) is 37.3 Å². The number of aromatic nitrogens is 3. The molecule has 0 aliphatic rings. The van der Waals surface area contributed by atoms with E-state index < -0.39 is 0 Å². The van der Waals surface area contributed by atoms with E-state index >= 15 is 0 Å². The molecule has 0 bridgehead atoms. The van der Waals surface area contributed by atoms with E-state index in [2.05, 4.69) is 53.7 Å². The summed E-state index contributed by atoms with van der Waals surface area (Å²) >= 11 is 0. The second-order valence-corrected chi connectivity index (χ2v) is 5.50. The van der Waals surface area contributed by atoms with E-state index in [9.17, 15) is 0 Å². The predicted octanol–water partition coefficient (Wildman–Crippen LogP) is 2.26. The summed E-state index contributed by atoms with van der Waals surface area (Å²) in [6.07, 6.45) is 4.02. The average Bonchev–Trinajstić information content (AvgIpc) is 2.97. The Hall–Kier alpha value is -1.72. The van der Waals surface area contributed by atoms with Crippen LogP contribution in [0.1, 0.15) is 31.5 Å². The van der Waals surface area contributed by atoms with Gasteiger partial charge in [-0.2, -0.15) is 0 Å². The summed E-state index contributed by atoms with van der Waals surface area (Å²) in [5.41, 5.74) is 2.18. The Morgan fingerprint density at radius 2 is 2.00 bits per heavy atom. The average molecular weight is 287 g/mol. The van der Waals surface area contributed by atoms with Gasteiger partial charge in [-0.15, -0.1) is 5.10 Å². The van der Waals surface area contributed by atoms with E-state index in [1.54, 1.807) is 0 Å². The van der Waals surface area contributed by atoms with Crippen LogP contribution in [0, 0.1) is 0 Å². The van der Waals surface area contributed by atoms with Crippen LogP contribution in [0.3, 0.4) is 0 Å². The van der Waals surface area contributed by atoms with Crippen molar-refractivity contribution in [2.75, 3.05) is 27.2 Å². The summed E-state index contributed by atoms with van der Waals surface area (Å²) in [6.45, 7) is 4.21. The molecule has 21 heavy (non-hydrogen) atoms. The van der Waals surface area contributed by atoms with Crippen LogP contribution in [0.15, 0.2) is 36.5 Å². The van der Waals surface area contributed by atoms with Gasteiger partial charge in [-0.05, 0) is 52.2 Å². The molecule has 0 aliphatic heterocycles. The molecule has 0 saturated heterocycles. The first kappa shape index (κ1) is 15.7. The van der Waals surface area contributed by atoms with E-state index in [0.29, 0.717) is 0 Å². The second-order valence-electron chi connectivity index (χ2n) is 5.50. The molecule has 0 radical (unpaired) electrons. The lowest BCUT2D eigenvalue weighted by molar-refractivity contribution is 0.355. The van der Waals surface area contributed by atoms with Crippen LogP contribution in [0.4, 0.5) is 0 Å². The summed E-state index contributed by atoms with van der Waals surface area (Å²) in [5.74, 6) is 0. The molecule has 0 spiro atoms. The van der Waals surface area contributed by atoms with Gasteiger partial charge in [-0.3, -0.25) is 0 Å². The third kappa shape index (κ3) is 4.37. The van der Waals surface area contributed by atoms with Crippen molar-refractivity contribution in [2.45, 2.75) is 25.8 Å². The lowest BCUT2D eigenvalue weighted by Gasteiger charge is -2.21. The van der Waals surface area contributed by atoms with Gasteiger partial charge >= 0.3 is 0 Å². The lowest BCUT2D eigenvalue weighted by Crippen LogP contribution is -2.28. The third-order valence-corrected chi connectivity index (χ3v) is 3.44. The van der Waals surface area contributed by atoms with Gasteiger partial charge in [0.05, 0.1) is 23.6 Å². The number of benzene rings is 1. The van der Waals surface area contributed by atoms with Crippen LogP contribution in [-0.4, -0.2) is 47.1 Å². The van der Waals surface area contributed by atoms with Gasteiger partial charge < -0.3 is 10.2 Å². The highest BCUT2D eigenvalue weighted by Gasteiger charge is 2.17. The van der Waals surface area contributed by atoms with E-state index in [-0.39, 0.29) is 6.04 Å². The van der Waals surface area contributed by atoms with Crippen LogP contribution in [0.25, 0.3) is 5.69 Å². The fraction of sp³-hybridized carbons (Fsp3) is 0.500. The molecule has 2 rings (SSSR count). The van der Waals surface area contributed by atoms with Crippen molar-refractivity contribution in [3.63, 3.8) is 0 Å². The van der Waals surface area contributed by atoms with Crippen LogP contribution < -0.4 is 5.32 Å². The molecule has 1 N–H and O–H groups in total. The fourth-order valence-corrected chi connectivity index (χ4v) is 2.31. The van der Waals surface area contributed by atoms with E-state index in [1.165, 1.54) is 0 Å². The Bertz CT molecular complexity index is 520. The van der Waals surface area contributed by atoms with E-state index in [4.69, 9.17) is 0 Å². The molecule has 2 aromatic rings. The van der Waals surface area contributed by atoms with Crippen molar-refractivity contribution >= 4 is 0 Å². The molecule has 0 fully saturated rings. The molecule has 1 aromatic heterocycles. The van der Waals surface area contributed by atoms with Gasteiger partial charge in [-0.1, -0.05) is 30.3 Å². The highest BCUT2D eigenvalue weighted by atomic mass is 15.4. The van der Waals surface area contributed by atoms with Crippen LogP contribution in [0.2, 0.25) is 0 Å². The summed E-state index contributed by atoms with van der Waals surface area (Å²) in [6, 6.07) is 10.4. The molecule has 0 amide bonds. The minimum Gasteiger partial charge on any atom is -0.309 e. The normalized spacial score (nSPS) is 12.8. The van der Waals surface area contributed by atoms with Gasteiger partial charge in [-0.25, -0.2) is 4.68 Å². The Balaban J connectivity index is 2.21. The third-order valence-electron chi connectivity index (χ3n) is 3.44. The zero-order valence-corrected chi connectivity index (χ0v) is 13.2. The Morgan fingerprint density at radius 1 is 1.24 bits per heavy atom. The molecule has 1 heterocycles. The largest absolute Gasteiger partial charge is 0.309 e. The predicted molar refractivity (Wildman–Crippen MR) is 85.6 cm³/mol. The zero-order chi connectivity index (χ0) is 15.1. The molecule has 0 saturated carbocycles. The van der Waals surface area contributed by atoms with E-state index in [1.807, 2.05) is 29.1 Å². The number of hydrogen-bond donors (Lipinski definition) is 1. The SMILES string of the molecule is CCCNC(CCN(C)C)c1cnnn1-c1ccccc1. The van der Waals surface area contributed by atoms with Crippen molar-refractivity contribution in [2.24, 2.45) is 0 Å². The van der Waals surface area contributed by atoms with Gasteiger partial charge in [0.25, 0.3) is 0 Å². The molecule has 1 unspecified atom stereocenters. The molecule has 1 aromatic carbocycles. The lowest BCUT2D eigenvalue weighted by atomic mass is 10.1. The number of para-hydroxylation sites is 1. The number of nitrogens with zero attached hydrogens (tertiary/aromatic N) is 4. The Kier molecular flexibility index (Phi) is 5.90. The summed E-state index contributed by atoms with van der Waals surface area (Å²) in [4.78, 5) is 2.21. The number of nitrogens with one attached hydrogen (secondary N) is 1. The van der Waals surface area contributed by atoms with Gasteiger partial charge in [0, 0.05) is 0 Å². The van der Waals surface area contributed by atoms with Crippen molar-refractivity contribution in [3.05, 3.63) is 42.2 Å². The minimum atomic E-state index is 0.266. The van der Waals surface area contributed by atoms with Crippen LogP contribution >= 0.6 is 0 Å². The monoisotopic (exact) mass is 287 g/mol. The van der Waals surface area contributed by atoms with Gasteiger partial charge in [0.2, 0.25) is 0 Å². The van der Waals surface area contributed by atoms with Crippen LogP contribution in [0.5, 0.6) is 0 Å². The van der Waals surface area contributed by atoms with Crippen molar-refractivity contribution < 1.29 is 0 Å². The number of rotatable bonds is 8. The molecular weight excluding hydrogens is 262 g/mol. The van der Waals surface area contributed by atoms with Crippen molar-refractivity contribution in [3.8, 4) is 5.69 Å². The second kappa shape index (κ2) is 7.90. The summed E-state index contributed by atoms with van der Waals surface area (Å²) < 4.78 is 1.93. The fourth-order valence-electron chi connectivity index (χ4n) is 2.31. The maximum Gasteiger partial charge on any atom is 0.0815 e. The maximum absolute atomic E-state index is 4.26. The smallest absolute Gasteiger partial charge is 0.0815 e. The van der Waals surface area contributed by atoms with Gasteiger partial charge in [0.15, 0.2) is 0 Å². The first-order valence-corrected chi connectivity index (χ1v) is 7.56. The highest BCUT2D eigenvalue weighted by Crippen LogP contribution is 2.19. The maximum atomic E-state index is 4.26. The molecule has 5 nitrogen and oxygen atoms in total. The first-order chi connectivity index (χ1) is 10.2. The standard InChI is InChI=1S/C16H25N5/c1-4-11-17-15(10-12-20(2)3)16-13-18-19-21(16)14-8-6-5-7-9-14/h5-9,13,15,17H,4,10-12H2,1-3H3. The molecular formula is C16H25N5.